The lowest BCUT2D eigenvalue weighted by molar-refractivity contribution is -0.945. The van der Waals surface area contributed by atoms with Gasteiger partial charge in [0.1, 0.15) is 17.3 Å². The van der Waals surface area contributed by atoms with Crippen LogP contribution in [-0.2, 0) is 16.9 Å². The van der Waals surface area contributed by atoms with Gasteiger partial charge in [0.05, 0.1) is 31.7 Å². The molecule has 2 aromatic rings. The molecule has 1 aromatic carbocycles. The minimum atomic E-state index is -0.796. The molecule has 3 aliphatic heterocycles. The Morgan fingerprint density at radius 1 is 1.23 bits per heavy atom. The van der Waals surface area contributed by atoms with Crippen molar-refractivity contribution in [1.29, 1.82) is 0 Å². The number of para-hydroxylation sites is 1. The Morgan fingerprint density at radius 2 is 2.03 bits per heavy atom. The van der Waals surface area contributed by atoms with E-state index in [0.717, 1.165) is 69.5 Å². The molecule has 1 saturated carbocycles. The summed E-state index contributed by atoms with van der Waals surface area (Å²) in [7, 11) is 0. The van der Waals surface area contributed by atoms with E-state index in [9.17, 15) is 9.90 Å². The number of anilines is 1. The average Bonchev–Trinajstić information content (AvgIpc) is 3.25. The number of piperidine rings is 3. The summed E-state index contributed by atoms with van der Waals surface area (Å²) in [5.41, 5.74) is 0.810. The third kappa shape index (κ3) is 3.88. The first-order valence-electron chi connectivity index (χ1n) is 11.4. The van der Waals surface area contributed by atoms with Crippen molar-refractivity contribution in [2.45, 2.75) is 63.1 Å². The molecule has 4 atom stereocenters. The molecule has 1 aliphatic carbocycles. The Kier molecular flexibility index (Phi) is 5.33. The minimum Gasteiger partial charge on any atom is -0.383 e. The Bertz CT molecular complexity index is 877. The molecule has 1 amide bonds. The number of hydrogen-bond donors (Lipinski definition) is 3. The van der Waals surface area contributed by atoms with Crippen LogP contribution in [0.1, 0.15) is 50.6 Å². The smallest absolute Gasteiger partial charge is 0.233 e. The number of aliphatic hydroxyl groups is 1. The molecule has 1 unspecified atom stereocenters. The first-order valence-corrected chi connectivity index (χ1v) is 11.4. The van der Waals surface area contributed by atoms with Gasteiger partial charge in [-0.05, 0) is 30.9 Å². The van der Waals surface area contributed by atoms with Crippen molar-refractivity contribution in [3.63, 3.8) is 0 Å². The van der Waals surface area contributed by atoms with Crippen LogP contribution in [-0.4, -0.2) is 45.1 Å². The highest BCUT2D eigenvalue weighted by Crippen LogP contribution is 2.35. The van der Waals surface area contributed by atoms with Crippen molar-refractivity contribution in [2.75, 3.05) is 18.4 Å². The normalized spacial score (nSPS) is 30.2. The molecule has 4 heterocycles. The number of fused-ring (bicyclic) bond motifs is 3. The molecule has 0 radical (unpaired) electrons. The molecule has 7 heteroatoms. The molecule has 7 nitrogen and oxygen atoms in total. The highest BCUT2D eigenvalue weighted by molar-refractivity contribution is 5.92. The summed E-state index contributed by atoms with van der Waals surface area (Å²) in [4.78, 5) is 14.4. The van der Waals surface area contributed by atoms with E-state index in [1.165, 1.54) is 11.3 Å². The van der Waals surface area contributed by atoms with Gasteiger partial charge < -0.3 is 15.3 Å². The molecule has 3 saturated heterocycles. The van der Waals surface area contributed by atoms with Gasteiger partial charge in [0, 0.05) is 18.5 Å². The first kappa shape index (κ1) is 19.7. The molecule has 2 bridgehead atoms. The van der Waals surface area contributed by atoms with Crippen LogP contribution in [0.3, 0.4) is 0 Å². The summed E-state index contributed by atoms with van der Waals surface area (Å²) in [6.45, 7) is 2.82. The van der Waals surface area contributed by atoms with Gasteiger partial charge in [0.15, 0.2) is 0 Å². The van der Waals surface area contributed by atoms with Crippen LogP contribution in [0.25, 0.3) is 0 Å². The zero-order valence-corrected chi connectivity index (χ0v) is 17.5. The number of quaternary nitrogens is 1. The van der Waals surface area contributed by atoms with E-state index >= 15 is 0 Å². The molecule has 1 aromatic heterocycles. The van der Waals surface area contributed by atoms with Crippen molar-refractivity contribution in [3.05, 3.63) is 42.2 Å². The number of nitrogens with zero attached hydrogens (tertiary/aromatic N) is 3. The molecule has 30 heavy (non-hydrogen) atoms. The number of carbonyl (C=O) groups excluding carboxylic acids is 1. The van der Waals surface area contributed by atoms with Gasteiger partial charge in [-0.2, -0.15) is 0 Å². The van der Waals surface area contributed by atoms with Crippen molar-refractivity contribution < 1.29 is 14.8 Å². The first-order chi connectivity index (χ1) is 14.6. The minimum absolute atomic E-state index is 0.0828. The van der Waals surface area contributed by atoms with Gasteiger partial charge in [0.2, 0.25) is 5.91 Å². The van der Waals surface area contributed by atoms with Gasteiger partial charge in [0.25, 0.3) is 0 Å². The average molecular weight is 411 g/mol. The van der Waals surface area contributed by atoms with Gasteiger partial charge in [-0.3, -0.25) is 4.79 Å². The summed E-state index contributed by atoms with van der Waals surface area (Å²) >= 11 is 0. The third-order valence-corrected chi connectivity index (χ3v) is 7.53. The van der Waals surface area contributed by atoms with E-state index in [1.54, 1.807) is 0 Å². The molecule has 4 fully saturated rings. The van der Waals surface area contributed by atoms with Crippen LogP contribution in [0, 0.1) is 11.8 Å². The molecular formula is C23H32N5O2+. The van der Waals surface area contributed by atoms with Gasteiger partial charge in [-0.15, -0.1) is 5.10 Å². The van der Waals surface area contributed by atoms with Crippen molar-refractivity contribution >= 4 is 11.6 Å². The van der Waals surface area contributed by atoms with Crippen LogP contribution in [0.4, 0.5) is 5.69 Å². The zero-order chi connectivity index (χ0) is 20.6. The predicted molar refractivity (Wildman–Crippen MR) is 113 cm³/mol. The largest absolute Gasteiger partial charge is 0.383 e. The number of aromatic nitrogens is 3. The number of hydrogen-bond acceptors (Lipinski definition) is 4. The highest BCUT2D eigenvalue weighted by atomic mass is 16.3. The van der Waals surface area contributed by atoms with Gasteiger partial charge >= 0.3 is 0 Å². The second-order valence-corrected chi connectivity index (χ2v) is 9.47. The van der Waals surface area contributed by atoms with Crippen molar-refractivity contribution in [2.24, 2.45) is 11.8 Å². The predicted octanol–water partition coefficient (Wildman–Crippen LogP) is 1.36. The lowest BCUT2D eigenvalue weighted by Crippen LogP contribution is -3.20. The van der Waals surface area contributed by atoms with Crippen molar-refractivity contribution in [1.82, 2.24) is 15.0 Å². The number of amides is 1. The lowest BCUT2D eigenvalue weighted by atomic mass is 9.75. The van der Waals surface area contributed by atoms with Crippen LogP contribution in [0.2, 0.25) is 0 Å². The van der Waals surface area contributed by atoms with E-state index in [4.69, 9.17) is 0 Å². The fraction of sp³-hybridized carbons (Fsp3) is 0.609. The Hall–Kier alpha value is -2.25. The summed E-state index contributed by atoms with van der Waals surface area (Å²) < 4.78 is 1.92. The maximum absolute atomic E-state index is 12.9. The Labute approximate surface area is 177 Å². The number of carbonyl (C=O) groups is 1. The van der Waals surface area contributed by atoms with Gasteiger partial charge in [-0.25, -0.2) is 4.68 Å². The van der Waals surface area contributed by atoms with Gasteiger partial charge in [-0.1, -0.05) is 42.7 Å². The Balaban J connectivity index is 1.21. The van der Waals surface area contributed by atoms with Crippen LogP contribution < -0.4 is 10.2 Å². The molecule has 3 N–H and O–H groups in total. The quantitative estimate of drug-likeness (QED) is 0.695. The molecular weight excluding hydrogens is 378 g/mol. The monoisotopic (exact) mass is 410 g/mol. The second-order valence-electron chi connectivity index (χ2n) is 9.47. The van der Waals surface area contributed by atoms with Crippen LogP contribution in [0.15, 0.2) is 36.5 Å². The summed E-state index contributed by atoms with van der Waals surface area (Å²) in [6, 6.07) is 10.2. The number of benzene rings is 1. The fourth-order valence-electron chi connectivity index (χ4n) is 5.79. The number of rotatable bonds is 5. The zero-order valence-electron chi connectivity index (χ0n) is 17.5. The molecule has 6 rings (SSSR count). The summed E-state index contributed by atoms with van der Waals surface area (Å²) in [5.74, 6) is 0.672. The SMILES string of the molecule is O=C(Nc1ccccc1)[C@H]1C[NH+]2CC[C@H]1C[C@@H]2Cn1cc(C2(O)CCCCC2)nn1. The fourth-order valence-corrected chi connectivity index (χ4v) is 5.79. The van der Waals surface area contributed by atoms with Crippen LogP contribution in [0.5, 0.6) is 0 Å². The van der Waals surface area contributed by atoms with E-state index < -0.39 is 5.60 Å². The van der Waals surface area contributed by atoms with E-state index in [0.29, 0.717) is 12.0 Å². The third-order valence-electron chi connectivity index (χ3n) is 7.53. The lowest BCUT2D eigenvalue weighted by Gasteiger charge is -2.46. The second kappa shape index (κ2) is 8.12. The topological polar surface area (TPSA) is 84.5 Å². The maximum atomic E-state index is 12.9. The Morgan fingerprint density at radius 3 is 2.77 bits per heavy atom. The highest BCUT2D eigenvalue weighted by Gasteiger charge is 2.46. The number of nitrogens with one attached hydrogen (secondary N) is 2. The summed E-state index contributed by atoms with van der Waals surface area (Å²) in [6.07, 6.45) is 8.98. The van der Waals surface area contributed by atoms with E-state index in [1.807, 2.05) is 41.2 Å². The standard InChI is InChI=1S/C23H31N5O2/c29-22(24-18-7-3-1-4-8-18)20-15-27-12-9-17(20)13-19(27)14-28-16-21(25-26-28)23(30)10-5-2-6-11-23/h1,3-4,7-8,16-17,19-20,30H,2,5-6,9-15H2,(H,24,29)/p+1/t17-,19+,20-/m0/s1. The van der Waals surface area contributed by atoms with E-state index in [2.05, 4.69) is 15.6 Å². The van der Waals surface area contributed by atoms with Crippen molar-refractivity contribution in [3.8, 4) is 0 Å². The molecule has 160 valence electrons. The van der Waals surface area contributed by atoms with Crippen LogP contribution >= 0.6 is 0 Å². The molecule has 4 aliphatic rings. The molecule has 0 spiro atoms. The maximum Gasteiger partial charge on any atom is 0.233 e. The summed E-state index contributed by atoms with van der Waals surface area (Å²) in [5, 5.41) is 22.7. The van der Waals surface area contributed by atoms with E-state index in [-0.39, 0.29) is 11.8 Å².